The van der Waals surface area contributed by atoms with Crippen LogP contribution in [0.2, 0.25) is 0 Å². The number of nitrogens with zero attached hydrogens (tertiary/aromatic N) is 1. The first kappa shape index (κ1) is 19.4. The SMILES string of the molecule is CCN(CC)C(=O)c1ccccc1NC(=O)CC(C)C1CCNCC1. The zero-order valence-corrected chi connectivity index (χ0v) is 15.7. The number of hydrogen-bond donors (Lipinski definition) is 2. The molecule has 1 unspecified atom stereocenters. The molecule has 1 aromatic carbocycles. The van der Waals surface area contributed by atoms with Crippen molar-refractivity contribution in [2.45, 2.75) is 40.0 Å². The van der Waals surface area contributed by atoms with Crippen molar-refractivity contribution >= 4 is 17.5 Å². The molecular weight excluding hydrogens is 314 g/mol. The molecule has 2 amide bonds. The van der Waals surface area contributed by atoms with E-state index in [4.69, 9.17) is 0 Å². The van der Waals surface area contributed by atoms with Gasteiger partial charge in [0.1, 0.15) is 0 Å². The Kier molecular flexibility index (Phi) is 7.44. The lowest BCUT2D eigenvalue weighted by atomic mass is 9.84. The number of hydrogen-bond acceptors (Lipinski definition) is 3. The molecule has 0 saturated carbocycles. The Morgan fingerprint density at radius 2 is 1.84 bits per heavy atom. The van der Waals surface area contributed by atoms with Gasteiger partial charge in [-0.1, -0.05) is 19.1 Å². The maximum absolute atomic E-state index is 12.6. The standard InChI is InChI=1S/C20H31N3O2/c1-4-23(5-2)20(25)17-8-6-7-9-18(17)22-19(24)14-15(3)16-10-12-21-13-11-16/h6-9,15-16,21H,4-5,10-14H2,1-3H3,(H,22,24). The third kappa shape index (κ3) is 5.30. The zero-order chi connectivity index (χ0) is 18.2. The minimum atomic E-state index is -0.0349. The third-order valence-corrected chi connectivity index (χ3v) is 5.18. The summed E-state index contributed by atoms with van der Waals surface area (Å²) < 4.78 is 0. The van der Waals surface area contributed by atoms with Crippen LogP contribution < -0.4 is 10.6 Å². The van der Waals surface area contributed by atoms with E-state index >= 15 is 0 Å². The Hall–Kier alpha value is -1.88. The number of rotatable bonds is 7. The molecule has 5 heteroatoms. The van der Waals surface area contributed by atoms with Gasteiger partial charge in [0.05, 0.1) is 11.3 Å². The van der Waals surface area contributed by atoms with Gasteiger partial charge in [0.25, 0.3) is 5.91 Å². The van der Waals surface area contributed by atoms with Gasteiger partial charge in [-0.15, -0.1) is 0 Å². The summed E-state index contributed by atoms with van der Waals surface area (Å²) in [6, 6.07) is 7.28. The van der Waals surface area contributed by atoms with Crippen LogP contribution in [0.5, 0.6) is 0 Å². The van der Waals surface area contributed by atoms with Crippen molar-refractivity contribution in [3.63, 3.8) is 0 Å². The highest BCUT2D eigenvalue weighted by Crippen LogP contribution is 2.25. The minimum absolute atomic E-state index is 0.00849. The lowest BCUT2D eigenvalue weighted by Gasteiger charge is -2.28. The molecule has 0 spiro atoms. The molecule has 2 rings (SSSR count). The Morgan fingerprint density at radius 3 is 2.48 bits per heavy atom. The molecule has 0 bridgehead atoms. The van der Waals surface area contributed by atoms with E-state index in [0.717, 1.165) is 25.9 Å². The van der Waals surface area contributed by atoms with E-state index in [2.05, 4.69) is 17.6 Å². The van der Waals surface area contributed by atoms with Crippen LogP contribution >= 0.6 is 0 Å². The molecule has 2 N–H and O–H groups in total. The molecule has 1 aromatic rings. The van der Waals surface area contributed by atoms with Crippen molar-refractivity contribution in [1.29, 1.82) is 0 Å². The predicted molar refractivity (Wildman–Crippen MR) is 102 cm³/mol. The quantitative estimate of drug-likeness (QED) is 0.798. The number of carbonyl (C=O) groups is 2. The second-order valence-corrected chi connectivity index (χ2v) is 6.84. The first-order valence-corrected chi connectivity index (χ1v) is 9.45. The van der Waals surface area contributed by atoms with E-state index in [1.807, 2.05) is 32.0 Å². The monoisotopic (exact) mass is 345 g/mol. The molecule has 1 saturated heterocycles. The number of carbonyl (C=O) groups excluding carboxylic acids is 2. The second-order valence-electron chi connectivity index (χ2n) is 6.84. The molecule has 1 aliphatic rings. The third-order valence-electron chi connectivity index (χ3n) is 5.18. The van der Waals surface area contributed by atoms with Crippen LogP contribution in [0.15, 0.2) is 24.3 Å². The predicted octanol–water partition coefficient (Wildman–Crippen LogP) is 3.13. The van der Waals surface area contributed by atoms with Gasteiger partial charge in [-0.05, 0) is 63.7 Å². The van der Waals surface area contributed by atoms with Crippen molar-refractivity contribution in [2.24, 2.45) is 11.8 Å². The van der Waals surface area contributed by atoms with E-state index in [0.29, 0.717) is 42.6 Å². The maximum atomic E-state index is 12.6. The fourth-order valence-corrected chi connectivity index (χ4v) is 3.53. The average molecular weight is 345 g/mol. The summed E-state index contributed by atoms with van der Waals surface area (Å²) in [7, 11) is 0. The highest BCUT2D eigenvalue weighted by molar-refractivity contribution is 6.03. The summed E-state index contributed by atoms with van der Waals surface area (Å²) in [5, 5.41) is 6.32. The summed E-state index contributed by atoms with van der Waals surface area (Å²) in [5.74, 6) is 0.908. The molecule has 1 atom stereocenters. The van der Waals surface area contributed by atoms with Crippen molar-refractivity contribution in [1.82, 2.24) is 10.2 Å². The normalized spacial score (nSPS) is 16.3. The van der Waals surface area contributed by atoms with Crippen LogP contribution in [0.25, 0.3) is 0 Å². The first-order chi connectivity index (χ1) is 12.1. The van der Waals surface area contributed by atoms with Crippen LogP contribution in [-0.4, -0.2) is 42.9 Å². The summed E-state index contributed by atoms with van der Waals surface area (Å²) in [6.07, 6.45) is 2.76. The number of anilines is 1. The molecule has 1 aliphatic heterocycles. The number of nitrogens with one attached hydrogen (secondary N) is 2. The van der Waals surface area contributed by atoms with E-state index in [1.165, 1.54) is 0 Å². The summed E-state index contributed by atoms with van der Waals surface area (Å²) in [5.41, 5.74) is 1.18. The first-order valence-electron chi connectivity index (χ1n) is 9.45. The van der Waals surface area contributed by atoms with E-state index in [1.54, 1.807) is 11.0 Å². The van der Waals surface area contributed by atoms with Crippen molar-refractivity contribution in [3.8, 4) is 0 Å². The van der Waals surface area contributed by atoms with E-state index < -0.39 is 0 Å². The van der Waals surface area contributed by atoms with Crippen LogP contribution in [0.3, 0.4) is 0 Å². The van der Waals surface area contributed by atoms with Crippen molar-refractivity contribution in [2.75, 3.05) is 31.5 Å². The van der Waals surface area contributed by atoms with Crippen LogP contribution in [0.4, 0.5) is 5.69 Å². The smallest absolute Gasteiger partial charge is 0.255 e. The average Bonchev–Trinajstić information content (AvgIpc) is 2.63. The number of benzene rings is 1. The van der Waals surface area contributed by atoms with Gasteiger partial charge in [0.2, 0.25) is 5.91 Å². The molecule has 0 aliphatic carbocycles. The van der Waals surface area contributed by atoms with Crippen molar-refractivity contribution in [3.05, 3.63) is 29.8 Å². The van der Waals surface area contributed by atoms with Crippen LogP contribution in [0, 0.1) is 11.8 Å². The topological polar surface area (TPSA) is 61.4 Å². The lowest BCUT2D eigenvalue weighted by Crippen LogP contribution is -2.33. The molecule has 25 heavy (non-hydrogen) atoms. The number of amides is 2. The number of piperidine rings is 1. The summed E-state index contributed by atoms with van der Waals surface area (Å²) in [6.45, 7) is 9.47. The van der Waals surface area contributed by atoms with Crippen molar-refractivity contribution < 1.29 is 9.59 Å². The summed E-state index contributed by atoms with van der Waals surface area (Å²) >= 11 is 0. The fourth-order valence-electron chi connectivity index (χ4n) is 3.53. The zero-order valence-electron chi connectivity index (χ0n) is 15.7. The van der Waals surface area contributed by atoms with Gasteiger partial charge >= 0.3 is 0 Å². The molecule has 5 nitrogen and oxygen atoms in total. The Morgan fingerprint density at radius 1 is 1.20 bits per heavy atom. The fraction of sp³-hybridized carbons (Fsp3) is 0.600. The van der Waals surface area contributed by atoms with Crippen LogP contribution in [0.1, 0.15) is 50.4 Å². The maximum Gasteiger partial charge on any atom is 0.255 e. The molecule has 0 aromatic heterocycles. The van der Waals surface area contributed by atoms with Gasteiger partial charge in [-0.3, -0.25) is 9.59 Å². The lowest BCUT2D eigenvalue weighted by molar-refractivity contribution is -0.117. The van der Waals surface area contributed by atoms with E-state index in [-0.39, 0.29) is 11.8 Å². The highest BCUT2D eigenvalue weighted by Gasteiger charge is 2.23. The Labute approximate surface area is 151 Å². The number of para-hydroxylation sites is 1. The van der Waals surface area contributed by atoms with Gasteiger partial charge < -0.3 is 15.5 Å². The largest absolute Gasteiger partial charge is 0.339 e. The molecule has 0 radical (unpaired) electrons. The molecule has 1 heterocycles. The van der Waals surface area contributed by atoms with Gasteiger partial charge in [0.15, 0.2) is 0 Å². The van der Waals surface area contributed by atoms with Gasteiger partial charge in [0, 0.05) is 19.5 Å². The Balaban J connectivity index is 2.01. The highest BCUT2D eigenvalue weighted by atomic mass is 16.2. The molecule has 1 fully saturated rings. The van der Waals surface area contributed by atoms with Crippen LogP contribution in [-0.2, 0) is 4.79 Å². The minimum Gasteiger partial charge on any atom is -0.339 e. The molecule has 138 valence electrons. The second kappa shape index (κ2) is 9.56. The Bertz CT molecular complexity index is 578. The van der Waals surface area contributed by atoms with Gasteiger partial charge in [-0.2, -0.15) is 0 Å². The molecular formula is C20H31N3O2. The van der Waals surface area contributed by atoms with E-state index in [9.17, 15) is 9.59 Å². The van der Waals surface area contributed by atoms with Gasteiger partial charge in [-0.25, -0.2) is 0 Å². The summed E-state index contributed by atoms with van der Waals surface area (Å²) in [4.78, 5) is 26.9.